The molecule has 1 aliphatic rings. The third kappa shape index (κ3) is 7.40. The van der Waals surface area contributed by atoms with E-state index < -0.39 is 23.0 Å². The van der Waals surface area contributed by atoms with Crippen molar-refractivity contribution >= 4 is 62.3 Å². The minimum atomic E-state index is -1.11. The van der Waals surface area contributed by atoms with Crippen LogP contribution in [0.15, 0.2) is 42.5 Å². The van der Waals surface area contributed by atoms with Crippen molar-refractivity contribution in [3.8, 4) is 5.75 Å². The van der Waals surface area contributed by atoms with E-state index in [1.54, 1.807) is 44.4 Å². The first kappa shape index (κ1) is 29.4. The summed E-state index contributed by atoms with van der Waals surface area (Å²) in [6.07, 6.45) is 2.64. The number of nitro benzene ring substituents is 1. The van der Waals surface area contributed by atoms with Crippen LogP contribution in [0.1, 0.15) is 24.8 Å². The van der Waals surface area contributed by atoms with E-state index in [4.69, 9.17) is 4.74 Å². The summed E-state index contributed by atoms with van der Waals surface area (Å²) >= 11 is 1.21. The van der Waals surface area contributed by atoms with Gasteiger partial charge in [-0.05, 0) is 43.0 Å². The Morgan fingerprint density at radius 2 is 1.79 bits per heavy atom. The van der Waals surface area contributed by atoms with Crippen LogP contribution in [0, 0.1) is 10.1 Å². The van der Waals surface area contributed by atoms with E-state index in [9.17, 15) is 24.8 Å². The van der Waals surface area contributed by atoms with Gasteiger partial charge in [-0.25, -0.2) is 14.6 Å². The zero-order valence-corrected chi connectivity index (χ0v) is 24.2. The molecular formula is C27H29N9O6S. The Labute approximate surface area is 249 Å². The summed E-state index contributed by atoms with van der Waals surface area (Å²) in [7, 11) is 3.15. The lowest BCUT2D eigenvalue weighted by atomic mass is 10.1. The number of non-ortho nitro benzene ring substituents is 1. The molecule has 1 saturated heterocycles. The molecule has 0 aliphatic carbocycles. The number of carboxylic acids is 1. The van der Waals surface area contributed by atoms with Crippen LogP contribution >= 0.6 is 11.3 Å². The lowest BCUT2D eigenvalue weighted by Gasteiger charge is -2.27. The maximum absolute atomic E-state index is 12.2. The normalized spacial score (nSPS) is 13.8. The molecule has 1 fully saturated rings. The fourth-order valence-corrected chi connectivity index (χ4v) is 5.27. The third-order valence-electron chi connectivity index (χ3n) is 6.60. The molecule has 2 aromatic carbocycles. The summed E-state index contributed by atoms with van der Waals surface area (Å²) in [5.41, 5.74) is 1.23. The van der Waals surface area contributed by atoms with Gasteiger partial charge in [0.2, 0.25) is 17.8 Å². The standard InChI is InChI=1S/C27H29N9O6S/c1-34(2)27(39)42-18-9-6-16(7-10-18)14-20(22(37)38)28-23-30-24(32-25(31-23)35-12-4-3-5-13-35)33-26-29-19-11-8-17(36(40)41)15-21(19)43-26/h6-11,15,20H,3-5,12-14H2,1-2H3,(H,37,38)(H2,28,29,30,31,32,33)/t20-/m0/s1. The van der Waals surface area contributed by atoms with Gasteiger partial charge in [-0.2, -0.15) is 15.0 Å². The summed E-state index contributed by atoms with van der Waals surface area (Å²) in [6.45, 7) is 1.50. The van der Waals surface area contributed by atoms with E-state index in [0.29, 0.717) is 32.6 Å². The number of anilines is 4. The van der Waals surface area contributed by atoms with Crippen LogP contribution in [-0.2, 0) is 11.2 Å². The van der Waals surface area contributed by atoms with Crippen molar-refractivity contribution in [2.75, 3.05) is 42.7 Å². The quantitative estimate of drug-likeness (QED) is 0.171. The number of thiazole rings is 1. The van der Waals surface area contributed by atoms with E-state index >= 15 is 0 Å². The lowest BCUT2D eigenvalue weighted by Crippen LogP contribution is -2.34. The van der Waals surface area contributed by atoms with Crippen LogP contribution in [0.4, 0.5) is 33.5 Å². The van der Waals surface area contributed by atoms with Gasteiger partial charge in [0.05, 0.1) is 15.1 Å². The third-order valence-corrected chi connectivity index (χ3v) is 7.53. The SMILES string of the molecule is CN(C)C(=O)Oc1ccc(C[C@H](Nc2nc(Nc3nc4ccc([N+](=O)[O-])cc4s3)nc(N3CCCCC3)n2)C(=O)O)cc1. The predicted octanol–water partition coefficient (Wildman–Crippen LogP) is 4.29. The minimum Gasteiger partial charge on any atom is -0.480 e. The predicted molar refractivity (Wildman–Crippen MR) is 160 cm³/mol. The number of carboxylic acid groups (broad SMARTS) is 1. The second kappa shape index (κ2) is 12.8. The Kier molecular flexibility index (Phi) is 8.75. The van der Waals surface area contributed by atoms with Gasteiger partial charge in [0.1, 0.15) is 11.8 Å². The molecule has 1 aliphatic heterocycles. The molecule has 1 amide bonds. The zero-order chi connectivity index (χ0) is 30.5. The zero-order valence-electron chi connectivity index (χ0n) is 23.4. The maximum Gasteiger partial charge on any atom is 0.414 e. The largest absolute Gasteiger partial charge is 0.480 e. The molecule has 0 bridgehead atoms. The van der Waals surface area contributed by atoms with E-state index in [1.165, 1.54) is 28.4 Å². The van der Waals surface area contributed by atoms with Crippen molar-refractivity contribution in [3.05, 3.63) is 58.1 Å². The number of ether oxygens (including phenoxy) is 1. The van der Waals surface area contributed by atoms with Crippen LogP contribution in [0.2, 0.25) is 0 Å². The maximum atomic E-state index is 12.2. The van der Waals surface area contributed by atoms with Crippen molar-refractivity contribution in [1.29, 1.82) is 0 Å². The number of hydrogen-bond acceptors (Lipinski definition) is 13. The Hall–Kier alpha value is -5.12. The van der Waals surface area contributed by atoms with Crippen molar-refractivity contribution in [2.24, 2.45) is 0 Å². The van der Waals surface area contributed by atoms with Gasteiger partial charge in [0, 0.05) is 45.7 Å². The van der Waals surface area contributed by atoms with Gasteiger partial charge in [0.25, 0.3) is 5.69 Å². The number of carbonyl (C=O) groups is 2. The number of piperidine rings is 1. The number of nitrogens with one attached hydrogen (secondary N) is 2. The fourth-order valence-electron chi connectivity index (χ4n) is 4.37. The van der Waals surface area contributed by atoms with Gasteiger partial charge in [-0.1, -0.05) is 23.5 Å². The molecule has 16 heteroatoms. The highest BCUT2D eigenvalue weighted by Crippen LogP contribution is 2.31. The molecule has 15 nitrogen and oxygen atoms in total. The highest BCUT2D eigenvalue weighted by atomic mass is 32.1. The van der Waals surface area contributed by atoms with Crippen molar-refractivity contribution in [3.63, 3.8) is 0 Å². The van der Waals surface area contributed by atoms with E-state index in [-0.39, 0.29) is 24.0 Å². The first-order valence-corrected chi connectivity index (χ1v) is 14.3. The second-order valence-electron chi connectivity index (χ2n) is 10.0. The Morgan fingerprint density at radius 1 is 1.07 bits per heavy atom. The van der Waals surface area contributed by atoms with Crippen LogP contribution in [0.5, 0.6) is 5.75 Å². The monoisotopic (exact) mass is 607 g/mol. The average Bonchev–Trinajstić information content (AvgIpc) is 3.39. The molecule has 0 saturated carbocycles. The number of fused-ring (bicyclic) bond motifs is 1. The number of nitrogens with zero attached hydrogens (tertiary/aromatic N) is 7. The first-order valence-electron chi connectivity index (χ1n) is 13.4. The molecule has 0 radical (unpaired) electrons. The lowest BCUT2D eigenvalue weighted by molar-refractivity contribution is -0.384. The van der Waals surface area contributed by atoms with Crippen LogP contribution in [0.3, 0.4) is 0 Å². The van der Waals surface area contributed by atoms with Gasteiger partial charge >= 0.3 is 12.1 Å². The number of rotatable bonds is 10. The van der Waals surface area contributed by atoms with E-state index in [0.717, 1.165) is 32.4 Å². The number of benzene rings is 2. The molecule has 43 heavy (non-hydrogen) atoms. The second-order valence-corrected chi connectivity index (χ2v) is 11.1. The number of aliphatic carboxylic acids is 1. The molecule has 224 valence electrons. The summed E-state index contributed by atoms with van der Waals surface area (Å²) in [5.74, 6) is -0.148. The fraction of sp³-hybridized carbons (Fsp3) is 0.333. The van der Waals surface area contributed by atoms with Crippen molar-refractivity contribution in [1.82, 2.24) is 24.8 Å². The number of hydrogen-bond donors (Lipinski definition) is 3. The van der Waals surface area contributed by atoms with Crippen LogP contribution in [0.25, 0.3) is 10.2 Å². The smallest absolute Gasteiger partial charge is 0.414 e. The number of carbonyl (C=O) groups excluding carboxylic acids is 1. The molecule has 2 aromatic heterocycles. The van der Waals surface area contributed by atoms with Gasteiger partial charge in [0.15, 0.2) is 5.13 Å². The molecule has 5 rings (SSSR count). The molecule has 4 aromatic rings. The molecule has 0 unspecified atom stereocenters. The number of aromatic nitrogens is 4. The molecule has 0 spiro atoms. The van der Waals surface area contributed by atoms with E-state index in [1.807, 2.05) is 4.90 Å². The molecule has 3 heterocycles. The number of nitro groups is 1. The molecular weight excluding hydrogens is 578 g/mol. The first-order chi connectivity index (χ1) is 20.6. The van der Waals surface area contributed by atoms with Crippen molar-refractivity contribution in [2.45, 2.75) is 31.7 Å². The van der Waals surface area contributed by atoms with Gasteiger partial charge in [-0.15, -0.1) is 0 Å². The highest BCUT2D eigenvalue weighted by molar-refractivity contribution is 7.22. The average molecular weight is 608 g/mol. The van der Waals surface area contributed by atoms with Gasteiger partial charge < -0.3 is 25.0 Å². The van der Waals surface area contributed by atoms with Crippen LogP contribution < -0.4 is 20.3 Å². The minimum absolute atomic E-state index is 0.0364. The molecule has 3 N–H and O–H groups in total. The van der Waals surface area contributed by atoms with E-state index in [2.05, 4.69) is 30.6 Å². The Bertz CT molecular complexity index is 1640. The van der Waals surface area contributed by atoms with Gasteiger partial charge in [-0.3, -0.25) is 15.4 Å². The summed E-state index contributed by atoms with van der Waals surface area (Å²) in [4.78, 5) is 56.1. The molecule has 1 atom stereocenters. The highest BCUT2D eigenvalue weighted by Gasteiger charge is 2.23. The van der Waals surface area contributed by atoms with Crippen molar-refractivity contribution < 1.29 is 24.4 Å². The van der Waals surface area contributed by atoms with Crippen LogP contribution in [-0.4, -0.2) is 80.2 Å². The summed E-state index contributed by atoms with van der Waals surface area (Å²) < 4.78 is 5.85. The summed E-state index contributed by atoms with van der Waals surface area (Å²) in [6, 6.07) is 9.91. The topological polar surface area (TPSA) is 189 Å². The summed E-state index contributed by atoms with van der Waals surface area (Å²) in [5, 5.41) is 27.6. The Morgan fingerprint density at radius 3 is 2.47 bits per heavy atom. The Balaban J connectivity index is 1.38. The number of amides is 1.